The van der Waals surface area contributed by atoms with E-state index in [0.29, 0.717) is 30.6 Å². The van der Waals surface area contributed by atoms with E-state index in [1.165, 1.54) is 6.42 Å². The summed E-state index contributed by atoms with van der Waals surface area (Å²) >= 11 is 5.90. The van der Waals surface area contributed by atoms with Crippen molar-refractivity contribution in [2.45, 2.75) is 58.4 Å². The zero-order chi connectivity index (χ0) is 18.2. The van der Waals surface area contributed by atoms with E-state index < -0.39 is 0 Å². The summed E-state index contributed by atoms with van der Waals surface area (Å²) in [6.07, 6.45) is 5.61. The second-order valence-corrected chi connectivity index (χ2v) is 7.21. The van der Waals surface area contributed by atoms with Gasteiger partial charge >= 0.3 is 0 Å². The average Bonchev–Trinajstić information content (AvgIpc) is 2.62. The number of hydrogen-bond donors (Lipinski definition) is 0. The summed E-state index contributed by atoms with van der Waals surface area (Å²) in [7, 11) is 0. The number of amides is 2. The van der Waals surface area contributed by atoms with E-state index >= 15 is 0 Å². The standard InChI is InChI=1S/C20H29ClN2O2/c1-3-19-6-4-5-13-23(19)20(25)12-15-22(16(2)24)14-11-17-7-9-18(21)10-8-17/h7-10,19H,3-6,11-15H2,1-2H3. The van der Waals surface area contributed by atoms with E-state index in [1.807, 2.05) is 29.2 Å². The van der Waals surface area contributed by atoms with Gasteiger partial charge in [0.2, 0.25) is 11.8 Å². The van der Waals surface area contributed by atoms with Crippen LogP contribution in [0.3, 0.4) is 0 Å². The van der Waals surface area contributed by atoms with Crippen LogP contribution in [-0.2, 0) is 16.0 Å². The van der Waals surface area contributed by atoms with Crippen molar-refractivity contribution in [3.63, 3.8) is 0 Å². The molecule has 5 heteroatoms. The molecule has 1 heterocycles. The fourth-order valence-corrected chi connectivity index (χ4v) is 3.60. The van der Waals surface area contributed by atoms with Gasteiger partial charge in [-0.2, -0.15) is 0 Å². The smallest absolute Gasteiger partial charge is 0.224 e. The average molecular weight is 365 g/mol. The Bertz CT molecular complexity index is 574. The lowest BCUT2D eigenvalue weighted by molar-refractivity contribution is -0.136. The van der Waals surface area contributed by atoms with Crippen LogP contribution in [0.4, 0.5) is 0 Å². The first-order valence-electron chi connectivity index (χ1n) is 9.30. The van der Waals surface area contributed by atoms with Crippen LogP contribution in [-0.4, -0.2) is 47.3 Å². The van der Waals surface area contributed by atoms with Gasteiger partial charge in [0.1, 0.15) is 0 Å². The van der Waals surface area contributed by atoms with E-state index in [1.54, 1.807) is 11.8 Å². The summed E-state index contributed by atoms with van der Waals surface area (Å²) in [6.45, 7) is 5.70. The van der Waals surface area contributed by atoms with Crippen molar-refractivity contribution in [3.8, 4) is 0 Å². The fourth-order valence-electron chi connectivity index (χ4n) is 3.47. The van der Waals surface area contributed by atoms with Gasteiger partial charge in [-0.1, -0.05) is 30.7 Å². The molecule has 0 saturated carbocycles. The Morgan fingerprint density at radius 2 is 1.92 bits per heavy atom. The molecule has 1 unspecified atom stereocenters. The molecule has 1 aliphatic rings. The van der Waals surface area contributed by atoms with Crippen LogP contribution in [0.2, 0.25) is 5.02 Å². The molecule has 0 N–H and O–H groups in total. The van der Waals surface area contributed by atoms with Crippen LogP contribution in [0, 0.1) is 0 Å². The molecule has 4 nitrogen and oxygen atoms in total. The van der Waals surface area contributed by atoms with Gasteiger partial charge < -0.3 is 9.80 Å². The maximum Gasteiger partial charge on any atom is 0.224 e. The number of rotatable bonds is 7. The number of halogens is 1. The van der Waals surface area contributed by atoms with Crippen LogP contribution in [0.5, 0.6) is 0 Å². The van der Waals surface area contributed by atoms with E-state index in [-0.39, 0.29) is 11.8 Å². The highest BCUT2D eigenvalue weighted by Crippen LogP contribution is 2.20. The second-order valence-electron chi connectivity index (χ2n) is 6.78. The number of carbonyl (C=O) groups excluding carboxylic acids is 2. The van der Waals surface area contributed by atoms with Gasteiger partial charge in [0.25, 0.3) is 0 Å². The molecule has 1 fully saturated rings. The van der Waals surface area contributed by atoms with Crippen molar-refractivity contribution in [1.29, 1.82) is 0 Å². The number of nitrogens with zero attached hydrogens (tertiary/aromatic N) is 2. The van der Waals surface area contributed by atoms with Gasteiger partial charge in [-0.05, 0) is 49.8 Å². The van der Waals surface area contributed by atoms with Gasteiger partial charge in [-0.3, -0.25) is 9.59 Å². The normalized spacial score (nSPS) is 17.4. The first kappa shape index (κ1) is 19.8. The van der Waals surface area contributed by atoms with Crippen molar-refractivity contribution >= 4 is 23.4 Å². The third-order valence-electron chi connectivity index (χ3n) is 5.04. The Kier molecular flexibility index (Phi) is 7.76. The minimum atomic E-state index is 0.0208. The summed E-state index contributed by atoms with van der Waals surface area (Å²) in [5, 5.41) is 0.713. The molecule has 1 aromatic carbocycles. The van der Waals surface area contributed by atoms with Gasteiger partial charge in [-0.25, -0.2) is 0 Å². The molecule has 138 valence electrons. The van der Waals surface area contributed by atoms with Gasteiger partial charge in [0.15, 0.2) is 0 Å². The molecule has 1 atom stereocenters. The van der Waals surface area contributed by atoms with Crippen molar-refractivity contribution in [3.05, 3.63) is 34.9 Å². The molecule has 1 aliphatic heterocycles. The van der Waals surface area contributed by atoms with Crippen molar-refractivity contribution in [1.82, 2.24) is 9.80 Å². The van der Waals surface area contributed by atoms with Gasteiger partial charge in [-0.15, -0.1) is 0 Å². The zero-order valence-electron chi connectivity index (χ0n) is 15.3. The monoisotopic (exact) mass is 364 g/mol. The first-order chi connectivity index (χ1) is 12.0. The molecular formula is C20H29ClN2O2. The van der Waals surface area contributed by atoms with E-state index in [4.69, 9.17) is 11.6 Å². The molecule has 1 saturated heterocycles. The number of piperidine rings is 1. The lowest BCUT2D eigenvalue weighted by atomic mass is 9.99. The van der Waals surface area contributed by atoms with E-state index in [2.05, 4.69) is 6.92 Å². The first-order valence-corrected chi connectivity index (χ1v) is 9.68. The van der Waals surface area contributed by atoms with E-state index in [0.717, 1.165) is 37.8 Å². The summed E-state index contributed by atoms with van der Waals surface area (Å²) in [6, 6.07) is 8.05. The molecule has 0 aliphatic carbocycles. The zero-order valence-corrected chi connectivity index (χ0v) is 16.1. The third kappa shape index (κ3) is 6.03. The molecule has 0 radical (unpaired) electrons. The predicted molar refractivity (Wildman–Crippen MR) is 102 cm³/mol. The Balaban J connectivity index is 1.85. The van der Waals surface area contributed by atoms with Crippen LogP contribution in [0.25, 0.3) is 0 Å². The molecule has 1 aromatic rings. The molecule has 0 spiro atoms. The summed E-state index contributed by atoms with van der Waals surface area (Å²) in [4.78, 5) is 28.3. The Morgan fingerprint density at radius 3 is 2.56 bits per heavy atom. The lowest BCUT2D eigenvalue weighted by Gasteiger charge is -2.35. The predicted octanol–water partition coefficient (Wildman–Crippen LogP) is 3.91. The van der Waals surface area contributed by atoms with Crippen LogP contribution in [0.1, 0.15) is 51.5 Å². The minimum Gasteiger partial charge on any atom is -0.342 e. The molecule has 25 heavy (non-hydrogen) atoms. The summed E-state index contributed by atoms with van der Waals surface area (Å²) in [5.74, 6) is 0.205. The SMILES string of the molecule is CCC1CCCCN1C(=O)CCN(CCc1ccc(Cl)cc1)C(C)=O. The lowest BCUT2D eigenvalue weighted by Crippen LogP contribution is -2.44. The number of carbonyl (C=O) groups is 2. The third-order valence-corrected chi connectivity index (χ3v) is 5.30. The second kappa shape index (κ2) is 9.81. The summed E-state index contributed by atoms with van der Waals surface area (Å²) in [5.41, 5.74) is 1.14. The minimum absolute atomic E-state index is 0.0208. The molecule has 0 aromatic heterocycles. The topological polar surface area (TPSA) is 40.6 Å². The fraction of sp³-hybridized carbons (Fsp3) is 0.600. The van der Waals surface area contributed by atoms with Crippen LogP contribution < -0.4 is 0 Å². The molecule has 2 amide bonds. The van der Waals surface area contributed by atoms with Crippen LogP contribution in [0.15, 0.2) is 24.3 Å². The maximum absolute atomic E-state index is 12.6. The van der Waals surface area contributed by atoms with Crippen molar-refractivity contribution < 1.29 is 9.59 Å². The number of likely N-dealkylation sites (tertiary alicyclic amines) is 1. The Morgan fingerprint density at radius 1 is 1.20 bits per heavy atom. The van der Waals surface area contributed by atoms with Crippen LogP contribution >= 0.6 is 11.6 Å². The highest BCUT2D eigenvalue weighted by Gasteiger charge is 2.25. The van der Waals surface area contributed by atoms with Crippen molar-refractivity contribution in [2.24, 2.45) is 0 Å². The molecular weight excluding hydrogens is 336 g/mol. The molecule has 0 bridgehead atoms. The highest BCUT2D eigenvalue weighted by molar-refractivity contribution is 6.30. The van der Waals surface area contributed by atoms with Gasteiger partial charge in [0, 0.05) is 44.0 Å². The quantitative estimate of drug-likeness (QED) is 0.735. The van der Waals surface area contributed by atoms with Gasteiger partial charge in [0.05, 0.1) is 0 Å². The Labute approximate surface area is 156 Å². The van der Waals surface area contributed by atoms with Crippen molar-refractivity contribution in [2.75, 3.05) is 19.6 Å². The van der Waals surface area contributed by atoms with E-state index in [9.17, 15) is 9.59 Å². The maximum atomic E-state index is 12.6. The molecule has 2 rings (SSSR count). The largest absolute Gasteiger partial charge is 0.342 e. The summed E-state index contributed by atoms with van der Waals surface area (Å²) < 4.78 is 0. The Hall–Kier alpha value is -1.55. The number of benzene rings is 1. The highest BCUT2D eigenvalue weighted by atomic mass is 35.5. The number of hydrogen-bond acceptors (Lipinski definition) is 2.